The van der Waals surface area contributed by atoms with Crippen LogP contribution in [0.3, 0.4) is 0 Å². The fourth-order valence-electron chi connectivity index (χ4n) is 3.16. The molecule has 1 aliphatic carbocycles. The van der Waals surface area contributed by atoms with Crippen LogP contribution in [0.4, 0.5) is 0 Å². The Balaban J connectivity index is 2.09. The molecule has 2 unspecified atom stereocenters. The number of nitrogens with zero attached hydrogens (tertiary/aromatic N) is 1. The molecule has 0 bridgehead atoms. The van der Waals surface area contributed by atoms with Crippen molar-refractivity contribution >= 4 is 5.97 Å². The summed E-state index contributed by atoms with van der Waals surface area (Å²) in [7, 11) is 2.15. The number of carbonyl (C=O) groups excluding carboxylic acids is 1. The highest BCUT2D eigenvalue weighted by molar-refractivity contribution is 5.87. The van der Waals surface area contributed by atoms with E-state index < -0.39 is 5.41 Å². The van der Waals surface area contributed by atoms with Crippen molar-refractivity contribution in [1.29, 1.82) is 0 Å². The van der Waals surface area contributed by atoms with Gasteiger partial charge in [-0.1, -0.05) is 43.7 Å². The second kappa shape index (κ2) is 7.08. The zero-order valence-electron chi connectivity index (χ0n) is 13.5. The average Bonchev–Trinajstić information content (AvgIpc) is 3.21. The third-order valence-electron chi connectivity index (χ3n) is 4.46. The van der Waals surface area contributed by atoms with Crippen LogP contribution in [0.5, 0.6) is 0 Å². The molecule has 0 spiro atoms. The molecule has 1 aromatic rings. The van der Waals surface area contributed by atoms with Gasteiger partial charge in [-0.15, -0.1) is 0 Å². The summed E-state index contributed by atoms with van der Waals surface area (Å²) in [6, 6.07) is 10.1. The Kier molecular flexibility index (Phi) is 5.40. The summed E-state index contributed by atoms with van der Waals surface area (Å²) in [6.45, 7) is 6.60. The van der Waals surface area contributed by atoms with Gasteiger partial charge in [0.2, 0.25) is 0 Å². The molecule has 0 amide bonds. The zero-order chi connectivity index (χ0) is 15.3. The van der Waals surface area contributed by atoms with Crippen LogP contribution in [0.2, 0.25) is 0 Å². The van der Waals surface area contributed by atoms with Crippen molar-refractivity contribution in [3.05, 3.63) is 35.9 Å². The van der Waals surface area contributed by atoms with Crippen molar-refractivity contribution in [2.24, 2.45) is 5.92 Å². The molecule has 2 atom stereocenters. The van der Waals surface area contributed by atoms with Gasteiger partial charge in [-0.25, -0.2) is 0 Å². The number of ether oxygens (including phenoxy) is 1. The molecule has 1 aromatic carbocycles. The van der Waals surface area contributed by atoms with Crippen LogP contribution in [0.15, 0.2) is 30.3 Å². The van der Waals surface area contributed by atoms with Crippen molar-refractivity contribution < 1.29 is 9.53 Å². The highest BCUT2D eigenvalue weighted by Crippen LogP contribution is 2.55. The Morgan fingerprint density at radius 3 is 2.67 bits per heavy atom. The number of rotatable bonds is 8. The molecule has 2 rings (SSSR count). The number of unbranched alkanes of at least 4 members (excludes halogenated alkanes) is 1. The third-order valence-corrected chi connectivity index (χ3v) is 4.46. The Morgan fingerprint density at radius 2 is 2.05 bits per heavy atom. The second-order valence-corrected chi connectivity index (χ2v) is 6.07. The smallest absolute Gasteiger partial charge is 0.316 e. The van der Waals surface area contributed by atoms with Crippen LogP contribution in [0.25, 0.3) is 0 Å². The van der Waals surface area contributed by atoms with Gasteiger partial charge in [0.15, 0.2) is 0 Å². The first-order chi connectivity index (χ1) is 10.1. The van der Waals surface area contributed by atoms with E-state index in [1.807, 2.05) is 25.1 Å². The molecule has 3 heteroatoms. The van der Waals surface area contributed by atoms with Crippen LogP contribution >= 0.6 is 0 Å². The fourth-order valence-corrected chi connectivity index (χ4v) is 3.16. The number of hydrogen-bond donors (Lipinski definition) is 0. The quantitative estimate of drug-likeness (QED) is 0.688. The first kappa shape index (κ1) is 16.0. The monoisotopic (exact) mass is 289 g/mol. The van der Waals surface area contributed by atoms with E-state index in [0.717, 1.165) is 25.1 Å². The molecule has 0 N–H and O–H groups in total. The standard InChI is InChI=1S/C18H27NO2/c1-4-6-12-19(3)14-16-13-18(16,17(20)21-5-2)15-10-8-7-9-11-15/h7-11,16H,4-6,12-14H2,1-3H3. The summed E-state index contributed by atoms with van der Waals surface area (Å²) < 4.78 is 5.36. The van der Waals surface area contributed by atoms with Crippen molar-refractivity contribution in [1.82, 2.24) is 4.90 Å². The van der Waals surface area contributed by atoms with Crippen LogP contribution in [0.1, 0.15) is 38.7 Å². The van der Waals surface area contributed by atoms with E-state index in [1.54, 1.807) is 0 Å². The second-order valence-electron chi connectivity index (χ2n) is 6.07. The molecule has 0 radical (unpaired) electrons. The minimum absolute atomic E-state index is 0.0508. The van der Waals surface area contributed by atoms with Crippen LogP contribution < -0.4 is 0 Å². The van der Waals surface area contributed by atoms with E-state index in [9.17, 15) is 4.79 Å². The van der Waals surface area contributed by atoms with E-state index in [4.69, 9.17) is 4.74 Å². The minimum atomic E-state index is -0.405. The lowest BCUT2D eigenvalue weighted by Crippen LogP contribution is -2.30. The fraction of sp³-hybridized carbons (Fsp3) is 0.611. The highest BCUT2D eigenvalue weighted by atomic mass is 16.5. The largest absolute Gasteiger partial charge is 0.465 e. The molecule has 1 saturated carbocycles. The van der Waals surface area contributed by atoms with Gasteiger partial charge in [0.25, 0.3) is 0 Å². The first-order valence-electron chi connectivity index (χ1n) is 8.06. The number of esters is 1. The molecule has 0 aliphatic heterocycles. The summed E-state index contributed by atoms with van der Waals surface area (Å²) in [6.07, 6.45) is 3.32. The van der Waals surface area contributed by atoms with Crippen molar-refractivity contribution in [3.8, 4) is 0 Å². The maximum Gasteiger partial charge on any atom is 0.316 e. The molecule has 1 fully saturated rings. The third kappa shape index (κ3) is 3.46. The highest BCUT2D eigenvalue weighted by Gasteiger charge is 2.62. The Labute approximate surface area is 128 Å². The molecule has 21 heavy (non-hydrogen) atoms. The maximum absolute atomic E-state index is 12.5. The van der Waals surface area contributed by atoms with Crippen LogP contribution in [-0.2, 0) is 14.9 Å². The summed E-state index contributed by atoms with van der Waals surface area (Å²) in [5.74, 6) is 0.325. The lowest BCUT2D eigenvalue weighted by molar-refractivity contribution is -0.146. The molecule has 0 saturated heterocycles. The maximum atomic E-state index is 12.5. The van der Waals surface area contributed by atoms with Gasteiger partial charge in [0, 0.05) is 6.54 Å². The van der Waals surface area contributed by atoms with Crippen molar-refractivity contribution in [2.75, 3.05) is 26.7 Å². The van der Waals surface area contributed by atoms with Crippen LogP contribution in [-0.4, -0.2) is 37.6 Å². The lowest BCUT2D eigenvalue weighted by Gasteiger charge is -2.20. The van der Waals surface area contributed by atoms with E-state index in [2.05, 4.69) is 31.0 Å². The van der Waals surface area contributed by atoms with E-state index in [-0.39, 0.29) is 5.97 Å². The average molecular weight is 289 g/mol. The summed E-state index contributed by atoms with van der Waals surface area (Å²) in [4.78, 5) is 14.8. The van der Waals surface area contributed by atoms with Gasteiger partial charge < -0.3 is 9.64 Å². The molecular formula is C18H27NO2. The van der Waals surface area contributed by atoms with Gasteiger partial charge >= 0.3 is 5.97 Å². The summed E-state index contributed by atoms with van der Waals surface area (Å²) in [5.41, 5.74) is 0.704. The molecule has 0 aromatic heterocycles. The van der Waals surface area contributed by atoms with Gasteiger partial charge in [0.1, 0.15) is 0 Å². The number of benzene rings is 1. The number of carbonyl (C=O) groups is 1. The Bertz CT molecular complexity index is 460. The summed E-state index contributed by atoms with van der Waals surface area (Å²) in [5, 5.41) is 0. The first-order valence-corrected chi connectivity index (χ1v) is 8.06. The lowest BCUT2D eigenvalue weighted by atomic mass is 9.93. The summed E-state index contributed by atoms with van der Waals surface area (Å²) >= 11 is 0. The minimum Gasteiger partial charge on any atom is -0.465 e. The number of hydrogen-bond acceptors (Lipinski definition) is 3. The van der Waals surface area contributed by atoms with Crippen molar-refractivity contribution in [2.45, 2.75) is 38.5 Å². The molecule has 3 nitrogen and oxygen atoms in total. The Hall–Kier alpha value is -1.35. The van der Waals surface area contributed by atoms with Gasteiger partial charge in [-0.05, 0) is 44.8 Å². The molecule has 0 heterocycles. The van der Waals surface area contributed by atoms with Gasteiger partial charge in [-0.2, -0.15) is 0 Å². The van der Waals surface area contributed by atoms with Crippen LogP contribution in [0, 0.1) is 5.92 Å². The predicted octanol–water partition coefficient (Wildman–Crippen LogP) is 3.24. The van der Waals surface area contributed by atoms with E-state index >= 15 is 0 Å². The topological polar surface area (TPSA) is 29.5 Å². The van der Waals surface area contributed by atoms with E-state index in [0.29, 0.717) is 12.5 Å². The SMILES string of the molecule is CCCCN(C)CC1CC1(C(=O)OCC)c1ccccc1. The van der Waals surface area contributed by atoms with E-state index in [1.165, 1.54) is 12.8 Å². The van der Waals surface area contributed by atoms with Gasteiger partial charge in [-0.3, -0.25) is 4.79 Å². The Morgan fingerprint density at radius 1 is 1.33 bits per heavy atom. The van der Waals surface area contributed by atoms with Crippen molar-refractivity contribution in [3.63, 3.8) is 0 Å². The molecule has 116 valence electrons. The zero-order valence-corrected chi connectivity index (χ0v) is 13.5. The predicted molar refractivity (Wildman–Crippen MR) is 85.3 cm³/mol. The molecule has 1 aliphatic rings. The molecular weight excluding hydrogens is 262 g/mol. The normalized spacial score (nSPS) is 24.1. The van der Waals surface area contributed by atoms with Gasteiger partial charge in [0.05, 0.1) is 12.0 Å².